The van der Waals surface area contributed by atoms with Gasteiger partial charge >= 0.3 is 0 Å². The van der Waals surface area contributed by atoms with Crippen LogP contribution in [-0.4, -0.2) is 21.1 Å². The first-order chi connectivity index (χ1) is 14.1. The quantitative estimate of drug-likeness (QED) is 0.409. The van der Waals surface area contributed by atoms with Gasteiger partial charge in [-0.3, -0.25) is 4.79 Å². The van der Waals surface area contributed by atoms with Crippen molar-refractivity contribution in [3.05, 3.63) is 89.5 Å². The zero-order valence-electron chi connectivity index (χ0n) is 15.3. The second kappa shape index (κ2) is 6.24. The van der Waals surface area contributed by atoms with Gasteiger partial charge in [0.05, 0.1) is 5.56 Å². The maximum Gasteiger partial charge on any atom is 0.201 e. The largest absolute Gasteiger partial charge is 0.504 e. The summed E-state index contributed by atoms with van der Waals surface area (Å²) in [5.41, 5.74) is 2.51. The molecule has 4 aromatic carbocycles. The molecule has 29 heavy (non-hydrogen) atoms. The number of aromatic hydroxyl groups is 3. The van der Waals surface area contributed by atoms with Gasteiger partial charge in [-0.05, 0) is 28.0 Å². The van der Waals surface area contributed by atoms with Crippen LogP contribution in [-0.2, 0) is 0 Å². The van der Waals surface area contributed by atoms with E-state index in [1.165, 1.54) is 0 Å². The number of phenols is 3. The third-order valence-electron chi connectivity index (χ3n) is 5.36. The molecule has 4 aromatic rings. The lowest BCUT2D eigenvalue weighted by Crippen LogP contribution is -2.00. The predicted molar refractivity (Wildman–Crippen MR) is 113 cm³/mol. The summed E-state index contributed by atoms with van der Waals surface area (Å²) >= 11 is 0. The summed E-state index contributed by atoms with van der Waals surface area (Å²) in [5, 5.41) is 33.2. The molecule has 0 amide bonds. The highest BCUT2D eigenvalue weighted by Crippen LogP contribution is 2.52. The van der Waals surface area contributed by atoms with Crippen molar-refractivity contribution in [1.29, 1.82) is 0 Å². The van der Waals surface area contributed by atoms with Crippen molar-refractivity contribution in [2.75, 3.05) is 0 Å². The maximum absolute atomic E-state index is 13.3. The Morgan fingerprint density at radius 3 is 2.07 bits per heavy atom. The number of Topliss-reactive ketones (excluding diaryl/α,β-unsaturated/α-hetero) is 1. The molecule has 4 nitrogen and oxygen atoms in total. The molecule has 0 aliphatic heterocycles. The molecule has 140 valence electrons. The second-order valence-electron chi connectivity index (χ2n) is 6.99. The molecule has 0 aromatic heterocycles. The zero-order chi connectivity index (χ0) is 20.1. The van der Waals surface area contributed by atoms with Crippen LogP contribution in [0.25, 0.3) is 33.5 Å². The summed E-state index contributed by atoms with van der Waals surface area (Å²) in [6, 6.07) is 22.4. The number of phenolic OH excluding ortho intramolecular Hbond substituents is 3. The first-order valence-electron chi connectivity index (χ1n) is 9.18. The van der Waals surface area contributed by atoms with Gasteiger partial charge in [-0.25, -0.2) is 0 Å². The highest BCUT2D eigenvalue weighted by atomic mass is 16.3. The Morgan fingerprint density at radius 2 is 1.28 bits per heavy atom. The van der Waals surface area contributed by atoms with Gasteiger partial charge in [0.1, 0.15) is 0 Å². The minimum absolute atomic E-state index is 0.00193. The van der Waals surface area contributed by atoms with Crippen LogP contribution in [0, 0.1) is 0 Å². The Hall–Kier alpha value is -4.05. The summed E-state index contributed by atoms with van der Waals surface area (Å²) in [5.74, 6) is -2.13. The minimum atomic E-state index is -0.691. The smallest absolute Gasteiger partial charge is 0.201 e. The molecule has 1 aliphatic carbocycles. The van der Waals surface area contributed by atoms with E-state index < -0.39 is 17.2 Å². The summed E-state index contributed by atoms with van der Waals surface area (Å²) in [7, 11) is 0. The lowest BCUT2D eigenvalue weighted by Gasteiger charge is -2.13. The monoisotopic (exact) mass is 380 g/mol. The maximum atomic E-state index is 13.3. The summed E-state index contributed by atoms with van der Waals surface area (Å²) in [6.07, 6.45) is 1.68. The molecule has 0 saturated carbocycles. The van der Waals surface area contributed by atoms with Gasteiger partial charge in [-0.2, -0.15) is 0 Å². The number of carbonyl (C=O) groups excluding carboxylic acids is 1. The van der Waals surface area contributed by atoms with Crippen LogP contribution in [0.5, 0.6) is 17.2 Å². The van der Waals surface area contributed by atoms with E-state index in [4.69, 9.17) is 0 Å². The predicted octanol–water partition coefficient (Wildman–Crippen LogP) is 5.36. The summed E-state index contributed by atoms with van der Waals surface area (Å²) in [6.45, 7) is 0. The SMILES string of the molecule is O=C1C(c2cccc3ccccc23)=Cc2c1c(O)c(O)c(O)c2-c1ccccc1. The van der Waals surface area contributed by atoms with E-state index in [1.54, 1.807) is 30.3 Å². The molecule has 1 aliphatic rings. The average Bonchev–Trinajstić information content (AvgIpc) is 3.09. The third kappa shape index (κ3) is 2.43. The molecular formula is C25H16O4. The third-order valence-corrected chi connectivity index (χ3v) is 5.36. The molecule has 0 bridgehead atoms. The standard InChI is InChI=1S/C25H16O4/c26-22-18(17-12-6-10-14-7-4-5-11-16(14)17)13-19-20(15-8-2-1-3-9-15)23(27)25(29)24(28)21(19)22/h1-13,27-29H. The minimum Gasteiger partial charge on any atom is -0.504 e. The van der Waals surface area contributed by atoms with Crippen molar-refractivity contribution in [3.8, 4) is 28.4 Å². The summed E-state index contributed by atoms with van der Waals surface area (Å²) < 4.78 is 0. The molecular weight excluding hydrogens is 364 g/mol. The fourth-order valence-electron chi connectivity index (χ4n) is 4.01. The van der Waals surface area contributed by atoms with E-state index in [0.717, 1.165) is 16.3 Å². The van der Waals surface area contributed by atoms with Gasteiger partial charge in [-0.15, -0.1) is 0 Å². The normalized spacial score (nSPS) is 12.8. The molecule has 0 fully saturated rings. The van der Waals surface area contributed by atoms with Gasteiger partial charge in [0.15, 0.2) is 17.3 Å². The Labute approximate surface area is 166 Å². The van der Waals surface area contributed by atoms with Crippen molar-refractivity contribution >= 4 is 28.2 Å². The molecule has 5 rings (SSSR count). The molecule has 0 unspecified atom stereocenters. The fourth-order valence-corrected chi connectivity index (χ4v) is 4.01. The molecule has 0 atom stereocenters. The van der Waals surface area contributed by atoms with Crippen LogP contribution < -0.4 is 0 Å². The van der Waals surface area contributed by atoms with Crippen LogP contribution in [0.4, 0.5) is 0 Å². The van der Waals surface area contributed by atoms with Crippen LogP contribution in [0.3, 0.4) is 0 Å². The Bertz CT molecular complexity index is 1330. The van der Waals surface area contributed by atoms with Gasteiger partial charge in [0.25, 0.3) is 0 Å². The van der Waals surface area contributed by atoms with Gasteiger partial charge in [-0.1, -0.05) is 72.8 Å². The number of rotatable bonds is 2. The highest BCUT2D eigenvalue weighted by Gasteiger charge is 2.34. The fraction of sp³-hybridized carbons (Fsp3) is 0. The van der Waals surface area contributed by atoms with E-state index >= 15 is 0 Å². The number of benzene rings is 4. The lowest BCUT2D eigenvalue weighted by atomic mass is 9.94. The number of carbonyl (C=O) groups is 1. The molecule has 0 radical (unpaired) electrons. The van der Waals surface area contributed by atoms with Crippen molar-refractivity contribution in [3.63, 3.8) is 0 Å². The number of hydrogen-bond donors (Lipinski definition) is 3. The lowest BCUT2D eigenvalue weighted by molar-refractivity contribution is 0.105. The first kappa shape index (κ1) is 17.1. The Kier molecular flexibility index (Phi) is 3.68. The molecule has 4 heteroatoms. The Morgan fingerprint density at radius 1 is 0.621 bits per heavy atom. The number of hydrogen-bond acceptors (Lipinski definition) is 4. The van der Waals surface area contributed by atoms with Crippen molar-refractivity contribution in [2.45, 2.75) is 0 Å². The summed E-state index contributed by atoms with van der Waals surface area (Å²) in [4.78, 5) is 13.3. The molecule has 0 spiro atoms. The second-order valence-corrected chi connectivity index (χ2v) is 6.99. The van der Waals surface area contributed by atoms with Crippen molar-refractivity contribution in [1.82, 2.24) is 0 Å². The van der Waals surface area contributed by atoms with Crippen molar-refractivity contribution < 1.29 is 20.1 Å². The van der Waals surface area contributed by atoms with Crippen molar-refractivity contribution in [2.24, 2.45) is 0 Å². The van der Waals surface area contributed by atoms with E-state index in [2.05, 4.69) is 0 Å². The van der Waals surface area contributed by atoms with Crippen LogP contribution in [0.1, 0.15) is 21.5 Å². The van der Waals surface area contributed by atoms with Gasteiger partial charge < -0.3 is 15.3 Å². The van der Waals surface area contributed by atoms with E-state index in [0.29, 0.717) is 22.3 Å². The van der Waals surface area contributed by atoms with E-state index in [-0.39, 0.29) is 11.3 Å². The molecule has 3 N–H and O–H groups in total. The van der Waals surface area contributed by atoms with Crippen LogP contribution in [0.2, 0.25) is 0 Å². The topological polar surface area (TPSA) is 77.8 Å². The number of ketones is 1. The van der Waals surface area contributed by atoms with E-state index in [1.807, 2.05) is 48.5 Å². The first-order valence-corrected chi connectivity index (χ1v) is 9.18. The highest BCUT2D eigenvalue weighted by molar-refractivity contribution is 6.40. The molecule has 0 saturated heterocycles. The van der Waals surface area contributed by atoms with Crippen LogP contribution in [0.15, 0.2) is 72.8 Å². The average molecular weight is 380 g/mol. The molecule has 0 heterocycles. The zero-order valence-corrected chi connectivity index (χ0v) is 15.3. The number of fused-ring (bicyclic) bond motifs is 2. The van der Waals surface area contributed by atoms with E-state index in [9.17, 15) is 20.1 Å². The Balaban J connectivity index is 1.82. The van der Waals surface area contributed by atoms with Crippen LogP contribution >= 0.6 is 0 Å². The number of allylic oxidation sites excluding steroid dienone is 1. The van der Waals surface area contributed by atoms with Gasteiger partial charge in [0, 0.05) is 16.7 Å². The van der Waals surface area contributed by atoms with Gasteiger partial charge in [0.2, 0.25) is 5.75 Å².